The van der Waals surface area contributed by atoms with E-state index in [9.17, 15) is 19.2 Å². The van der Waals surface area contributed by atoms with Gasteiger partial charge in [-0.15, -0.1) is 0 Å². The number of amides is 3. The van der Waals surface area contributed by atoms with Crippen molar-refractivity contribution in [3.63, 3.8) is 0 Å². The number of rotatable bonds is 7. The maximum absolute atomic E-state index is 13.2. The molecule has 0 radical (unpaired) electrons. The van der Waals surface area contributed by atoms with E-state index in [1.165, 1.54) is 0 Å². The van der Waals surface area contributed by atoms with Crippen molar-refractivity contribution in [2.24, 2.45) is 11.8 Å². The summed E-state index contributed by atoms with van der Waals surface area (Å²) in [5, 5.41) is 2.78. The number of carbonyl (C=O) groups excluding carboxylic acids is 4. The van der Waals surface area contributed by atoms with Crippen LogP contribution in [-0.2, 0) is 30.3 Å². The molecule has 0 bridgehead atoms. The lowest BCUT2D eigenvalue weighted by molar-refractivity contribution is -0.160. The summed E-state index contributed by atoms with van der Waals surface area (Å²) in [7, 11) is 0. The number of ether oxygens (including phenoxy) is 1. The number of hydrogen-bond donors (Lipinski definition) is 1. The SMILES string of the molecule is Cc1cccc(C)c1NC(=O)COC(=O)[C@H](Cc1ccccc1)N1C(=O)[C@@H]2CC=CC[C@H]2C1=O. The highest BCUT2D eigenvalue weighted by Crippen LogP contribution is 2.36. The zero-order chi connectivity index (χ0) is 24.2. The van der Waals surface area contributed by atoms with E-state index < -0.39 is 36.4 Å². The van der Waals surface area contributed by atoms with E-state index in [1.807, 2.05) is 74.5 Å². The Hall–Kier alpha value is -3.74. The first-order valence-corrected chi connectivity index (χ1v) is 11.5. The van der Waals surface area contributed by atoms with Crippen LogP contribution in [0.25, 0.3) is 0 Å². The van der Waals surface area contributed by atoms with Crippen LogP contribution in [0.3, 0.4) is 0 Å². The average molecular weight is 461 g/mol. The number of esters is 1. The van der Waals surface area contributed by atoms with Gasteiger partial charge < -0.3 is 10.1 Å². The Morgan fingerprint density at radius 1 is 0.941 bits per heavy atom. The van der Waals surface area contributed by atoms with Crippen molar-refractivity contribution in [1.29, 1.82) is 0 Å². The number of carbonyl (C=O) groups is 4. The fraction of sp³-hybridized carbons (Fsp3) is 0.333. The van der Waals surface area contributed by atoms with E-state index in [0.29, 0.717) is 18.5 Å². The predicted molar refractivity (Wildman–Crippen MR) is 127 cm³/mol. The highest BCUT2D eigenvalue weighted by Gasteiger charge is 2.51. The number of likely N-dealkylation sites (tertiary alicyclic amines) is 1. The second-order valence-electron chi connectivity index (χ2n) is 8.83. The number of nitrogens with one attached hydrogen (secondary N) is 1. The molecule has 176 valence electrons. The molecule has 0 spiro atoms. The van der Waals surface area contributed by atoms with E-state index in [0.717, 1.165) is 21.6 Å². The number of anilines is 1. The van der Waals surface area contributed by atoms with E-state index in [1.54, 1.807) is 0 Å². The van der Waals surface area contributed by atoms with Gasteiger partial charge in [-0.1, -0.05) is 60.7 Å². The van der Waals surface area contributed by atoms with Crippen molar-refractivity contribution in [2.75, 3.05) is 11.9 Å². The number of allylic oxidation sites excluding steroid dienone is 2. The zero-order valence-electron chi connectivity index (χ0n) is 19.3. The summed E-state index contributed by atoms with van der Waals surface area (Å²) < 4.78 is 5.34. The zero-order valence-corrected chi connectivity index (χ0v) is 19.3. The first kappa shape index (κ1) is 23.4. The molecule has 3 atom stereocenters. The number of para-hydroxylation sites is 1. The molecule has 1 aliphatic carbocycles. The molecule has 2 aromatic rings. The van der Waals surface area contributed by atoms with Crippen LogP contribution in [-0.4, -0.2) is 41.2 Å². The third-order valence-corrected chi connectivity index (χ3v) is 6.49. The van der Waals surface area contributed by atoms with Gasteiger partial charge in [0, 0.05) is 12.1 Å². The van der Waals surface area contributed by atoms with Gasteiger partial charge in [-0.05, 0) is 43.4 Å². The maximum atomic E-state index is 13.2. The van der Waals surface area contributed by atoms with E-state index in [-0.39, 0.29) is 18.2 Å². The summed E-state index contributed by atoms with van der Waals surface area (Å²) in [5.74, 6) is -2.85. The summed E-state index contributed by atoms with van der Waals surface area (Å²) >= 11 is 0. The van der Waals surface area contributed by atoms with E-state index in [4.69, 9.17) is 4.74 Å². The average Bonchev–Trinajstić information content (AvgIpc) is 3.09. The maximum Gasteiger partial charge on any atom is 0.330 e. The third kappa shape index (κ3) is 4.78. The van der Waals surface area contributed by atoms with Crippen molar-refractivity contribution in [3.8, 4) is 0 Å². The van der Waals surface area contributed by atoms with Crippen LogP contribution in [0, 0.1) is 25.7 Å². The molecule has 7 nitrogen and oxygen atoms in total. The molecule has 0 saturated carbocycles. The lowest BCUT2D eigenvalue weighted by Crippen LogP contribution is -2.48. The number of fused-ring (bicyclic) bond motifs is 1. The fourth-order valence-electron chi connectivity index (χ4n) is 4.67. The van der Waals surface area contributed by atoms with Gasteiger partial charge in [-0.3, -0.25) is 19.3 Å². The van der Waals surface area contributed by atoms with Crippen molar-refractivity contribution >= 4 is 29.4 Å². The predicted octanol–water partition coefficient (Wildman–Crippen LogP) is 3.35. The van der Waals surface area contributed by atoms with Gasteiger partial charge in [-0.2, -0.15) is 0 Å². The summed E-state index contributed by atoms with van der Waals surface area (Å²) in [6.07, 6.45) is 4.90. The minimum Gasteiger partial charge on any atom is -0.454 e. The molecule has 1 saturated heterocycles. The van der Waals surface area contributed by atoms with Crippen molar-refractivity contribution in [2.45, 2.75) is 39.2 Å². The largest absolute Gasteiger partial charge is 0.454 e. The lowest BCUT2D eigenvalue weighted by atomic mass is 9.85. The van der Waals surface area contributed by atoms with Gasteiger partial charge in [0.25, 0.3) is 5.91 Å². The standard InChI is InChI=1S/C27H28N2O5/c1-17-9-8-10-18(2)24(17)28-23(30)16-34-27(33)22(15-19-11-4-3-5-12-19)29-25(31)20-13-6-7-14-21(20)26(29)32/h3-12,20-22H,13-16H2,1-2H3,(H,28,30)/t20-,21-,22+/m1/s1. The van der Waals surface area contributed by atoms with Crippen LogP contribution in [0.5, 0.6) is 0 Å². The molecule has 0 aromatic heterocycles. The number of hydrogen-bond acceptors (Lipinski definition) is 5. The van der Waals surface area contributed by atoms with Crippen LogP contribution >= 0.6 is 0 Å². The second kappa shape index (κ2) is 10.0. The molecule has 7 heteroatoms. The lowest BCUT2D eigenvalue weighted by Gasteiger charge is -2.25. The summed E-state index contributed by atoms with van der Waals surface area (Å²) in [6, 6.07) is 13.7. The topological polar surface area (TPSA) is 92.8 Å². The van der Waals surface area contributed by atoms with E-state index >= 15 is 0 Å². The minimum absolute atomic E-state index is 0.128. The van der Waals surface area contributed by atoms with Gasteiger partial charge in [0.2, 0.25) is 11.8 Å². The highest BCUT2D eigenvalue weighted by molar-refractivity contribution is 6.08. The molecule has 4 rings (SSSR count). The molecule has 1 fully saturated rings. The molecule has 1 aliphatic heterocycles. The highest BCUT2D eigenvalue weighted by atomic mass is 16.5. The van der Waals surface area contributed by atoms with Crippen LogP contribution in [0.4, 0.5) is 5.69 Å². The second-order valence-corrected chi connectivity index (χ2v) is 8.83. The van der Waals surface area contributed by atoms with E-state index in [2.05, 4.69) is 5.32 Å². The molecule has 1 heterocycles. The molecule has 34 heavy (non-hydrogen) atoms. The van der Waals surface area contributed by atoms with Gasteiger partial charge in [-0.25, -0.2) is 4.79 Å². The Labute approximate surface area is 198 Å². The van der Waals surface area contributed by atoms with Gasteiger partial charge in [0.1, 0.15) is 6.04 Å². The Morgan fingerprint density at radius 2 is 1.53 bits per heavy atom. The molecule has 2 aliphatic rings. The first-order chi connectivity index (χ1) is 16.4. The Kier molecular flexibility index (Phi) is 6.91. The smallest absolute Gasteiger partial charge is 0.330 e. The van der Waals surface area contributed by atoms with Crippen molar-refractivity contribution in [1.82, 2.24) is 4.90 Å². The molecular formula is C27H28N2O5. The number of aryl methyl sites for hydroxylation is 2. The summed E-state index contributed by atoms with van der Waals surface area (Å²) in [4.78, 5) is 53.0. The fourth-order valence-corrected chi connectivity index (χ4v) is 4.67. The van der Waals surface area contributed by atoms with Crippen LogP contribution in [0.1, 0.15) is 29.5 Å². The van der Waals surface area contributed by atoms with Crippen molar-refractivity contribution in [3.05, 3.63) is 77.4 Å². The summed E-state index contributed by atoms with van der Waals surface area (Å²) in [5.41, 5.74) is 3.25. The Bertz CT molecular complexity index is 1090. The Balaban J connectivity index is 1.50. The molecule has 2 aromatic carbocycles. The monoisotopic (exact) mass is 460 g/mol. The van der Waals surface area contributed by atoms with Gasteiger partial charge in [0.15, 0.2) is 6.61 Å². The molecular weight excluding hydrogens is 432 g/mol. The number of nitrogens with zero attached hydrogens (tertiary/aromatic N) is 1. The molecule has 3 amide bonds. The van der Waals surface area contributed by atoms with Crippen LogP contribution < -0.4 is 5.32 Å². The molecule has 1 N–H and O–H groups in total. The third-order valence-electron chi connectivity index (χ3n) is 6.49. The number of benzene rings is 2. The molecule has 0 unspecified atom stereocenters. The minimum atomic E-state index is -1.12. The first-order valence-electron chi connectivity index (χ1n) is 11.5. The van der Waals surface area contributed by atoms with Crippen LogP contribution in [0.2, 0.25) is 0 Å². The normalized spacial score (nSPS) is 20.1. The van der Waals surface area contributed by atoms with Crippen molar-refractivity contribution < 1.29 is 23.9 Å². The number of imide groups is 1. The quantitative estimate of drug-likeness (QED) is 0.389. The van der Waals surface area contributed by atoms with Gasteiger partial charge in [0.05, 0.1) is 11.8 Å². The van der Waals surface area contributed by atoms with Crippen LogP contribution in [0.15, 0.2) is 60.7 Å². The summed E-state index contributed by atoms with van der Waals surface area (Å²) in [6.45, 7) is 3.25. The van der Waals surface area contributed by atoms with Gasteiger partial charge >= 0.3 is 5.97 Å². The Morgan fingerprint density at radius 3 is 2.12 bits per heavy atom.